The number of halogens is 1. The Morgan fingerprint density at radius 3 is 2.91 bits per heavy atom. The quantitative estimate of drug-likeness (QED) is 0.643. The number of hydrogen-bond acceptors (Lipinski definition) is 6. The number of carbonyl (C=O) groups excluding carboxylic acids is 3. The van der Waals surface area contributed by atoms with Crippen molar-refractivity contribution in [2.45, 2.75) is 38.5 Å². The standard InChI is InChI=1S/C25H26FN3O5/c26-20-12-16(13-28-8-10-33-11-9-28)4-5-17(20)15-34-22-3-1-2-18-19(22)14-29(25(18)32)21-6-7-23(30)27-24(21)31/h1-5,12,21H,6-11,13-15H2,(H,27,30,31)/i4D,5D,6D2,7D2,12D,21D. The maximum Gasteiger partial charge on any atom is 0.255 e. The van der Waals surface area contributed by atoms with Gasteiger partial charge in [-0.2, -0.15) is 0 Å². The van der Waals surface area contributed by atoms with Crippen LogP contribution < -0.4 is 10.1 Å². The van der Waals surface area contributed by atoms with Crippen LogP contribution in [-0.4, -0.2) is 59.8 Å². The molecule has 3 heterocycles. The number of fused-ring (bicyclic) bond motifs is 1. The Bertz CT molecular complexity index is 1470. The molecule has 0 saturated carbocycles. The zero-order valence-corrected chi connectivity index (χ0v) is 18.0. The molecule has 0 aliphatic carbocycles. The maximum absolute atomic E-state index is 15.3. The third kappa shape index (κ3) is 4.53. The van der Waals surface area contributed by atoms with E-state index >= 15 is 4.39 Å². The monoisotopic (exact) mass is 475 g/mol. The first-order valence-electron chi connectivity index (χ1n) is 14.6. The summed E-state index contributed by atoms with van der Waals surface area (Å²) < 4.78 is 92.3. The predicted octanol–water partition coefficient (Wildman–Crippen LogP) is 2.00. The van der Waals surface area contributed by atoms with E-state index in [0.29, 0.717) is 31.2 Å². The molecule has 2 aromatic rings. The van der Waals surface area contributed by atoms with Crippen LogP contribution in [0, 0.1) is 5.82 Å². The van der Waals surface area contributed by atoms with Crippen LogP contribution >= 0.6 is 0 Å². The lowest BCUT2D eigenvalue weighted by molar-refractivity contribution is -0.136. The highest BCUT2D eigenvalue weighted by Gasteiger charge is 2.40. The average molecular weight is 476 g/mol. The molecule has 1 atom stereocenters. The minimum atomic E-state index is -3.45. The molecule has 34 heavy (non-hydrogen) atoms. The average Bonchev–Trinajstić information content (AvgIpc) is 3.30. The number of amides is 3. The summed E-state index contributed by atoms with van der Waals surface area (Å²) in [5.41, 5.74) is -0.302. The fraction of sp³-hybridized carbons (Fsp3) is 0.400. The van der Waals surface area contributed by atoms with Gasteiger partial charge in [0.15, 0.2) is 0 Å². The zero-order valence-electron chi connectivity index (χ0n) is 26.0. The number of morpholine rings is 1. The van der Waals surface area contributed by atoms with Crippen LogP contribution in [0.4, 0.5) is 4.39 Å². The Hall–Kier alpha value is -3.30. The highest BCUT2D eigenvalue weighted by molar-refractivity contribution is 6.05. The molecule has 178 valence electrons. The highest BCUT2D eigenvalue weighted by atomic mass is 19.1. The van der Waals surface area contributed by atoms with Gasteiger partial charge in [0.1, 0.15) is 24.2 Å². The first-order valence-corrected chi connectivity index (χ1v) is 10.6. The Kier molecular flexibility index (Phi) is 4.16. The second kappa shape index (κ2) is 9.52. The lowest BCUT2D eigenvalue weighted by atomic mass is 10.0. The van der Waals surface area contributed by atoms with E-state index in [-0.39, 0.29) is 40.6 Å². The summed E-state index contributed by atoms with van der Waals surface area (Å²) in [5, 5.41) is 1.64. The topological polar surface area (TPSA) is 88.2 Å². The molecule has 3 aliphatic rings. The lowest BCUT2D eigenvalue weighted by Crippen LogP contribution is -2.52. The van der Waals surface area contributed by atoms with Crippen LogP contribution in [0.3, 0.4) is 0 Å². The van der Waals surface area contributed by atoms with E-state index in [1.54, 1.807) is 5.32 Å². The van der Waals surface area contributed by atoms with E-state index in [2.05, 4.69) is 0 Å². The first-order chi connectivity index (χ1) is 19.6. The number of ether oxygens (including phenoxy) is 2. The third-order valence-corrected chi connectivity index (χ3v) is 5.68. The zero-order chi connectivity index (χ0) is 30.8. The molecule has 3 aliphatic heterocycles. The Morgan fingerprint density at radius 2 is 2.09 bits per heavy atom. The summed E-state index contributed by atoms with van der Waals surface area (Å²) >= 11 is 0. The molecule has 1 unspecified atom stereocenters. The molecule has 0 spiro atoms. The summed E-state index contributed by atoms with van der Waals surface area (Å²) in [6, 6.07) is -0.398. The molecule has 5 rings (SSSR count). The number of nitrogens with one attached hydrogen (secondary N) is 1. The van der Waals surface area contributed by atoms with Crippen LogP contribution in [0.25, 0.3) is 0 Å². The van der Waals surface area contributed by atoms with Gasteiger partial charge in [-0.1, -0.05) is 18.2 Å². The second-order valence-corrected chi connectivity index (χ2v) is 7.88. The van der Waals surface area contributed by atoms with Gasteiger partial charge >= 0.3 is 0 Å². The minimum Gasteiger partial charge on any atom is -0.488 e. The molecule has 2 saturated heterocycles. The smallest absolute Gasteiger partial charge is 0.255 e. The van der Waals surface area contributed by atoms with Crippen LogP contribution in [0.5, 0.6) is 5.75 Å². The van der Waals surface area contributed by atoms with Crippen molar-refractivity contribution >= 4 is 17.7 Å². The maximum atomic E-state index is 15.3. The molecule has 1 N–H and O–H groups in total. The molecule has 8 nitrogen and oxygen atoms in total. The number of rotatable bonds is 6. The summed E-state index contributed by atoms with van der Waals surface area (Å²) in [6.07, 6.45) is -6.77. The number of carbonyl (C=O) groups is 3. The van der Waals surface area contributed by atoms with Crippen molar-refractivity contribution in [3.63, 3.8) is 0 Å². The van der Waals surface area contributed by atoms with E-state index < -0.39 is 67.5 Å². The van der Waals surface area contributed by atoms with Gasteiger partial charge in [-0.3, -0.25) is 24.6 Å². The van der Waals surface area contributed by atoms with Gasteiger partial charge in [0.2, 0.25) is 11.8 Å². The van der Waals surface area contributed by atoms with Gasteiger partial charge in [-0.05, 0) is 30.1 Å². The molecule has 0 radical (unpaired) electrons. The van der Waals surface area contributed by atoms with Crippen LogP contribution in [0.1, 0.15) is 50.8 Å². The van der Waals surface area contributed by atoms with Gasteiger partial charge < -0.3 is 14.4 Å². The molecule has 2 aromatic carbocycles. The Balaban J connectivity index is 1.42. The summed E-state index contributed by atoms with van der Waals surface area (Å²) in [7, 11) is 0. The third-order valence-electron chi connectivity index (χ3n) is 5.68. The second-order valence-electron chi connectivity index (χ2n) is 7.88. The van der Waals surface area contributed by atoms with E-state index in [1.807, 2.05) is 4.90 Å². The fourth-order valence-electron chi connectivity index (χ4n) is 3.93. The van der Waals surface area contributed by atoms with Crippen LogP contribution in [0.2, 0.25) is 0 Å². The van der Waals surface area contributed by atoms with Crippen LogP contribution in [-0.2, 0) is 34.0 Å². The van der Waals surface area contributed by atoms with E-state index in [0.717, 1.165) is 0 Å². The molecule has 3 amide bonds. The largest absolute Gasteiger partial charge is 0.488 e. The van der Waals surface area contributed by atoms with E-state index in [4.69, 9.17) is 20.4 Å². The molecular weight excluding hydrogens is 441 g/mol. The van der Waals surface area contributed by atoms with Crippen molar-refractivity contribution in [3.05, 3.63) is 64.4 Å². The predicted molar refractivity (Wildman–Crippen MR) is 119 cm³/mol. The summed E-state index contributed by atoms with van der Waals surface area (Å²) in [5.74, 6) is -5.14. The molecule has 9 heteroatoms. The Labute approximate surface area is 207 Å². The van der Waals surface area contributed by atoms with Crippen molar-refractivity contribution in [2.75, 3.05) is 26.3 Å². The van der Waals surface area contributed by atoms with Gasteiger partial charge in [0.05, 0.1) is 25.2 Å². The van der Waals surface area contributed by atoms with Gasteiger partial charge in [0, 0.05) is 48.2 Å². The summed E-state index contributed by atoms with van der Waals surface area (Å²) in [4.78, 5) is 40.5. The minimum absolute atomic E-state index is 0.0305. The normalized spacial score (nSPS) is 29.4. The molecule has 0 aromatic heterocycles. The van der Waals surface area contributed by atoms with Crippen molar-refractivity contribution < 1.29 is 39.2 Å². The number of piperidine rings is 1. The fourth-order valence-corrected chi connectivity index (χ4v) is 3.93. The number of hydrogen-bond donors (Lipinski definition) is 1. The van der Waals surface area contributed by atoms with Crippen molar-refractivity contribution in [2.24, 2.45) is 0 Å². The number of nitrogens with zero attached hydrogens (tertiary/aromatic N) is 2. The van der Waals surface area contributed by atoms with Crippen LogP contribution in [0.15, 0.2) is 36.3 Å². The number of benzene rings is 2. The molecule has 2 fully saturated rings. The number of imide groups is 1. The summed E-state index contributed by atoms with van der Waals surface area (Å²) in [6.45, 7) is 0.934. The Morgan fingerprint density at radius 1 is 1.26 bits per heavy atom. The van der Waals surface area contributed by atoms with E-state index in [1.165, 1.54) is 18.2 Å². The van der Waals surface area contributed by atoms with Crippen molar-refractivity contribution in [3.8, 4) is 5.75 Å². The van der Waals surface area contributed by atoms with Crippen molar-refractivity contribution in [1.82, 2.24) is 15.1 Å². The van der Waals surface area contributed by atoms with Gasteiger partial charge in [-0.15, -0.1) is 0 Å². The SMILES string of the molecule is [2H]c1c([2H])c(COc2cccc3c2CN(C2([2H])C(=O)NC(=O)C([2H])([2H])C2([2H])[2H])C3=O)c(F)c([2H])c1CN1CCOCC1. The van der Waals surface area contributed by atoms with Crippen molar-refractivity contribution in [1.29, 1.82) is 0 Å². The highest BCUT2D eigenvalue weighted by Crippen LogP contribution is 2.34. The molecule has 0 bridgehead atoms. The lowest BCUT2D eigenvalue weighted by Gasteiger charge is -2.29. The van der Waals surface area contributed by atoms with E-state index in [9.17, 15) is 14.4 Å². The van der Waals surface area contributed by atoms with Gasteiger partial charge in [0.25, 0.3) is 5.91 Å². The van der Waals surface area contributed by atoms with Gasteiger partial charge in [-0.25, -0.2) is 4.39 Å². The molecular formula is C25H26FN3O5. The first kappa shape index (κ1) is 14.9.